The van der Waals surface area contributed by atoms with Crippen LogP contribution in [0.25, 0.3) is 10.9 Å². The molecule has 3 heterocycles. The number of hydrogen-bond acceptors (Lipinski definition) is 7. The molecule has 0 spiro atoms. The minimum absolute atomic E-state index is 0.124. The molecule has 0 amide bonds. The summed E-state index contributed by atoms with van der Waals surface area (Å²) >= 11 is 1.47. The average molecular weight is 441 g/mol. The maximum Gasteiger partial charge on any atom is 0.306 e. The fourth-order valence-electron chi connectivity index (χ4n) is 4.46. The number of rotatable bonds is 7. The first-order valence-corrected chi connectivity index (χ1v) is 11.1. The van der Waals surface area contributed by atoms with Crippen LogP contribution in [-0.4, -0.2) is 32.9 Å². The van der Waals surface area contributed by atoms with Gasteiger partial charge in [0.25, 0.3) is 0 Å². The summed E-state index contributed by atoms with van der Waals surface area (Å²) in [4.78, 5) is 15.1. The molecule has 1 aromatic carbocycles. The highest BCUT2D eigenvalue weighted by atomic mass is 32.1. The standard InChI is InChI=1S/C22H24N4O4S/c1-4-6-22(9-18(27)28)21-15(5-7-30-22)19-14(10-23)8-16(12(2)20(19)24-21)29-11-17-26-25-13(3)31-17/h8,24H,4-7,9,11H2,1-3H3,(H,27,28). The van der Waals surface area contributed by atoms with Crippen molar-refractivity contribution in [3.63, 3.8) is 0 Å². The number of carboxylic acids is 1. The monoisotopic (exact) mass is 440 g/mol. The molecule has 2 N–H and O–H groups in total. The zero-order chi connectivity index (χ0) is 22.2. The van der Waals surface area contributed by atoms with Gasteiger partial charge in [0.1, 0.15) is 23.0 Å². The number of aromatic nitrogens is 3. The number of ether oxygens (including phenoxy) is 2. The normalized spacial score (nSPS) is 18.0. The van der Waals surface area contributed by atoms with Gasteiger partial charge in [-0.1, -0.05) is 24.7 Å². The van der Waals surface area contributed by atoms with Crippen molar-refractivity contribution in [3.05, 3.63) is 38.5 Å². The third-order valence-electron chi connectivity index (χ3n) is 5.71. The lowest BCUT2D eigenvalue weighted by Gasteiger charge is -2.36. The second-order valence-electron chi connectivity index (χ2n) is 7.80. The molecule has 0 saturated carbocycles. The van der Waals surface area contributed by atoms with E-state index in [0.717, 1.165) is 44.2 Å². The van der Waals surface area contributed by atoms with Gasteiger partial charge in [-0.2, -0.15) is 5.26 Å². The number of nitrogens with one attached hydrogen (secondary N) is 1. The van der Waals surface area contributed by atoms with Gasteiger partial charge in [0.05, 0.1) is 35.9 Å². The molecule has 3 aromatic rings. The Morgan fingerprint density at radius 3 is 2.90 bits per heavy atom. The van der Waals surface area contributed by atoms with Gasteiger partial charge in [0, 0.05) is 10.9 Å². The molecule has 9 heteroatoms. The first kappa shape index (κ1) is 21.3. The first-order chi connectivity index (χ1) is 14.9. The maximum absolute atomic E-state index is 11.7. The number of nitriles is 1. The van der Waals surface area contributed by atoms with E-state index >= 15 is 0 Å². The lowest BCUT2D eigenvalue weighted by Crippen LogP contribution is -2.37. The predicted octanol–water partition coefficient (Wildman–Crippen LogP) is 4.13. The second kappa shape index (κ2) is 8.29. The van der Waals surface area contributed by atoms with Gasteiger partial charge in [-0.05, 0) is 38.3 Å². The van der Waals surface area contributed by atoms with Crippen LogP contribution in [0.5, 0.6) is 5.75 Å². The molecule has 4 rings (SSSR count). The fraction of sp³-hybridized carbons (Fsp3) is 0.455. The van der Waals surface area contributed by atoms with Gasteiger partial charge in [0.2, 0.25) is 0 Å². The van der Waals surface area contributed by atoms with E-state index in [0.29, 0.717) is 30.8 Å². The molecule has 31 heavy (non-hydrogen) atoms. The van der Waals surface area contributed by atoms with E-state index in [1.165, 1.54) is 11.3 Å². The third-order valence-corrected chi connectivity index (χ3v) is 6.52. The molecule has 2 aromatic heterocycles. The Hall–Kier alpha value is -2.96. The van der Waals surface area contributed by atoms with Crippen molar-refractivity contribution in [2.75, 3.05) is 6.61 Å². The van der Waals surface area contributed by atoms with E-state index in [2.05, 4.69) is 21.3 Å². The predicted molar refractivity (Wildman–Crippen MR) is 115 cm³/mol. The molecule has 1 aliphatic rings. The zero-order valence-corrected chi connectivity index (χ0v) is 18.6. The zero-order valence-electron chi connectivity index (χ0n) is 17.7. The van der Waals surface area contributed by atoms with Crippen molar-refractivity contribution in [2.24, 2.45) is 0 Å². The Morgan fingerprint density at radius 1 is 1.45 bits per heavy atom. The highest BCUT2D eigenvalue weighted by molar-refractivity contribution is 7.11. The summed E-state index contributed by atoms with van der Waals surface area (Å²) in [5, 5.41) is 30.0. The second-order valence-corrected chi connectivity index (χ2v) is 9.07. The molecular formula is C22H24N4O4S. The quantitative estimate of drug-likeness (QED) is 0.566. The number of aryl methyl sites for hydroxylation is 2. The number of benzene rings is 1. The van der Waals surface area contributed by atoms with Crippen molar-refractivity contribution in [2.45, 2.75) is 58.7 Å². The van der Waals surface area contributed by atoms with Crippen LogP contribution in [0.4, 0.5) is 0 Å². The van der Waals surface area contributed by atoms with E-state index in [9.17, 15) is 15.2 Å². The van der Waals surface area contributed by atoms with Crippen LogP contribution in [0.3, 0.4) is 0 Å². The van der Waals surface area contributed by atoms with Crippen LogP contribution in [-0.2, 0) is 28.2 Å². The van der Waals surface area contributed by atoms with Gasteiger partial charge >= 0.3 is 5.97 Å². The van der Waals surface area contributed by atoms with E-state index in [1.54, 1.807) is 6.07 Å². The molecule has 0 aliphatic carbocycles. The Morgan fingerprint density at radius 2 is 2.26 bits per heavy atom. The van der Waals surface area contributed by atoms with Crippen molar-refractivity contribution < 1.29 is 19.4 Å². The van der Waals surface area contributed by atoms with Crippen LogP contribution in [0.15, 0.2) is 6.07 Å². The number of carboxylic acid groups (broad SMARTS) is 1. The number of hydrogen-bond donors (Lipinski definition) is 2. The smallest absolute Gasteiger partial charge is 0.306 e. The first-order valence-electron chi connectivity index (χ1n) is 10.2. The molecule has 0 radical (unpaired) electrons. The molecule has 1 aliphatic heterocycles. The van der Waals surface area contributed by atoms with Gasteiger partial charge in [0.15, 0.2) is 5.01 Å². The topological polar surface area (TPSA) is 121 Å². The Bertz CT molecular complexity index is 1190. The summed E-state index contributed by atoms with van der Waals surface area (Å²) in [7, 11) is 0. The summed E-state index contributed by atoms with van der Waals surface area (Å²) in [6, 6.07) is 4.05. The summed E-state index contributed by atoms with van der Waals surface area (Å²) in [6.45, 7) is 6.52. The van der Waals surface area contributed by atoms with Crippen molar-refractivity contribution >= 4 is 28.2 Å². The molecular weight excluding hydrogens is 416 g/mol. The number of aliphatic carboxylic acids is 1. The Kier molecular flexibility index (Phi) is 5.69. The van der Waals surface area contributed by atoms with E-state index in [1.807, 2.05) is 20.8 Å². The molecule has 1 atom stereocenters. The summed E-state index contributed by atoms with van der Waals surface area (Å²) in [5.41, 5.74) is 2.99. The van der Waals surface area contributed by atoms with Gasteiger partial charge in [-0.15, -0.1) is 10.2 Å². The number of H-pyrrole nitrogens is 1. The highest BCUT2D eigenvalue weighted by Crippen LogP contribution is 2.45. The van der Waals surface area contributed by atoms with Crippen molar-refractivity contribution in [1.29, 1.82) is 5.26 Å². The van der Waals surface area contributed by atoms with Gasteiger partial charge in [-0.25, -0.2) is 0 Å². The summed E-state index contributed by atoms with van der Waals surface area (Å²) < 4.78 is 12.1. The molecule has 0 fully saturated rings. The number of aromatic amines is 1. The number of fused-ring (bicyclic) bond motifs is 3. The van der Waals surface area contributed by atoms with Crippen LogP contribution in [0.2, 0.25) is 0 Å². The fourth-order valence-corrected chi connectivity index (χ4v) is 5.08. The highest BCUT2D eigenvalue weighted by Gasteiger charge is 2.42. The SMILES string of the molecule is CCCC1(CC(=O)O)OCCc2c1[nH]c1c(C)c(OCc3nnc(C)s3)cc(C#N)c21. The van der Waals surface area contributed by atoms with Crippen molar-refractivity contribution in [1.82, 2.24) is 15.2 Å². The van der Waals surface area contributed by atoms with Crippen molar-refractivity contribution in [3.8, 4) is 11.8 Å². The largest absolute Gasteiger partial charge is 0.486 e. The van der Waals surface area contributed by atoms with Crippen LogP contribution in [0, 0.1) is 25.2 Å². The minimum atomic E-state index is -0.919. The minimum Gasteiger partial charge on any atom is -0.486 e. The lowest BCUT2D eigenvalue weighted by molar-refractivity contribution is -0.149. The Balaban J connectivity index is 1.83. The number of carbonyl (C=O) groups is 1. The molecule has 1 unspecified atom stereocenters. The van der Waals surface area contributed by atoms with Crippen LogP contribution in [0.1, 0.15) is 58.6 Å². The van der Waals surface area contributed by atoms with Crippen LogP contribution < -0.4 is 4.74 Å². The Labute approximate surface area is 183 Å². The molecule has 162 valence electrons. The average Bonchev–Trinajstić information content (AvgIpc) is 3.32. The third kappa shape index (κ3) is 3.77. The molecule has 8 nitrogen and oxygen atoms in total. The molecule has 0 bridgehead atoms. The lowest BCUT2D eigenvalue weighted by atomic mass is 9.84. The maximum atomic E-state index is 11.7. The summed E-state index contributed by atoms with van der Waals surface area (Å²) in [5.74, 6) is -0.315. The molecule has 0 saturated heterocycles. The van der Waals surface area contributed by atoms with Gasteiger partial charge in [-0.3, -0.25) is 4.79 Å². The van der Waals surface area contributed by atoms with E-state index in [4.69, 9.17) is 9.47 Å². The van der Waals surface area contributed by atoms with E-state index in [-0.39, 0.29) is 13.0 Å². The summed E-state index contributed by atoms with van der Waals surface area (Å²) in [6.07, 6.45) is 1.86. The van der Waals surface area contributed by atoms with E-state index < -0.39 is 11.6 Å². The number of nitrogens with zero attached hydrogens (tertiary/aromatic N) is 3. The van der Waals surface area contributed by atoms with Crippen LogP contribution >= 0.6 is 11.3 Å². The van der Waals surface area contributed by atoms with Gasteiger partial charge < -0.3 is 19.6 Å².